The molecule has 1 fully saturated rings. The molecule has 0 spiro atoms. The fraction of sp³-hybridized carbons (Fsp3) is 0.545. The first kappa shape index (κ1) is 10.6. The van der Waals surface area contributed by atoms with E-state index in [-0.39, 0.29) is 0 Å². The van der Waals surface area contributed by atoms with Crippen LogP contribution >= 0.6 is 11.8 Å². The van der Waals surface area contributed by atoms with Crippen LogP contribution in [0.4, 0.5) is 11.4 Å². The molecule has 1 aliphatic heterocycles. The maximum absolute atomic E-state index is 5.74. The molecule has 15 heavy (non-hydrogen) atoms. The molecule has 0 saturated carbocycles. The van der Waals surface area contributed by atoms with E-state index in [1.165, 1.54) is 5.75 Å². The summed E-state index contributed by atoms with van der Waals surface area (Å²) < 4.78 is 0.322. The van der Waals surface area contributed by atoms with Gasteiger partial charge in [0, 0.05) is 29.8 Å². The van der Waals surface area contributed by atoms with Crippen LogP contribution in [0.5, 0.6) is 0 Å². The summed E-state index contributed by atoms with van der Waals surface area (Å²) in [5, 5.41) is 0. The zero-order valence-corrected chi connectivity index (χ0v) is 10.0. The Bertz CT molecular complexity index is 351. The summed E-state index contributed by atoms with van der Waals surface area (Å²) in [6, 6.07) is 2.00. The third kappa shape index (κ3) is 2.56. The molecule has 1 aliphatic rings. The maximum atomic E-state index is 5.74. The number of anilines is 2. The van der Waals surface area contributed by atoms with E-state index in [0.29, 0.717) is 4.75 Å². The molecule has 2 N–H and O–H groups in total. The summed E-state index contributed by atoms with van der Waals surface area (Å²) in [5.74, 6) is 1.17. The minimum absolute atomic E-state index is 0.322. The van der Waals surface area contributed by atoms with Gasteiger partial charge in [-0.25, -0.2) is 0 Å². The quantitative estimate of drug-likeness (QED) is 0.790. The molecule has 3 nitrogen and oxygen atoms in total. The van der Waals surface area contributed by atoms with Gasteiger partial charge in [-0.1, -0.05) is 0 Å². The number of rotatable bonds is 1. The minimum atomic E-state index is 0.322. The number of pyridine rings is 1. The van der Waals surface area contributed by atoms with Crippen molar-refractivity contribution in [3.05, 3.63) is 18.5 Å². The van der Waals surface area contributed by atoms with Crippen LogP contribution in [0.3, 0.4) is 0 Å². The number of aromatic nitrogens is 1. The molecular weight excluding hydrogens is 206 g/mol. The van der Waals surface area contributed by atoms with Crippen molar-refractivity contribution in [2.24, 2.45) is 0 Å². The fourth-order valence-electron chi connectivity index (χ4n) is 1.85. The van der Waals surface area contributed by atoms with Crippen LogP contribution in [-0.4, -0.2) is 28.6 Å². The van der Waals surface area contributed by atoms with Gasteiger partial charge in [0.25, 0.3) is 0 Å². The monoisotopic (exact) mass is 223 g/mol. The van der Waals surface area contributed by atoms with Gasteiger partial charge in [0.2, 0.25) is 0 Å². The van der Waals surface area contributed by atoms with Gasteiger partial charge in [0.15, 0.2) is 0 Å². The number of hydrogen-bond donors (Lipinski definition) is 1. The lowest BCUT2D eigenvalue weighted by atomic mass is 10.1. The largest absolute Gasteiger partial charge is 0.397 e. The van der Waals surface area contributed by atoms with Crippen LogP contribution in [0.1, 0.15) is 13.8 Å². The van der Waals surface area contributed by atoms with Gasteiger partial charge < -0.3 is 10.6 Å². The summed E-state index contributed by atoms with van der Waals surface area (Å²) in [6.07, 6.45) is 3.58. The Balaban J connectivity index is 2.17. The second-order valence-corrected chi connectivity index (χ2v) is 6.31. The summed E-state index contributed by atoms with van der Waals surface area (Å²) in [6.45, 7) is 6.70. The van der Waals surface area contributed by atoms with E-state index in [1.807, 2.05) is 24.0 Å². The third-order valence-electron chi connectivity index (χ3n) is 2.54. The van der Waals surface area contributed by atoms with Crippen LogP contribution in [-0.2, 0) is 0 Å². The molecule has 0 aromatic carbocycles. The van der Waals surface area contributed by atoms with Crippen molar-refractivity contribution in [1.82, 2.24) is 4.98 Å². The molecule has 1 aromatic heterocycles. The van der Waals surface area contributed by atoms with E-state index in [2.05, 4.69) is 23.7 Å². The Labute approximate surface area is 95.1 Å². The Morgan fingerprint density at radius 3 is 2.93 bits per heavy atom. The van der Waals surface area contributed by atoms with E-state index < -0.39 is 0 Å². The molecule has 0 aliphatic carbocycles. The normalized spacial score (nSPS) is 20.3. The highest BCUT2D eigenvalue weighted by molar-refractivity contribution is 8.00. The summed E-state index contributed by atoms with van der Waals surface area (Å²) >= 11 is 2.03. The average Bonchev–Trinajstić information content (AvgIpc) is 2.16. The third-order valence-corrected chi connectivity index (χ3v) is 3.83. The van der Waals surface area contributed by atoms with Crippen LogP contribution in [0.2, 0.25) is 0 Å². The van der Waals surface area contributed by atoms with E-state index in [0.717, 1.165) is 24.5 Å². The van der Waals surface area contributed by atoms with Crippen molar-refractivity contribution in [2.75, 3.05) is 29.5 Å². The molecule has 4 heteroatoms. The zero-order chi connectivity index (χ0) is 10.9. The second kappa shape index (κ2) is 3.93. The Morgan fingerprint density at radius 1 is 1.47 bits per heavy atom. The van der Waals surface area contributed by atoms with Gasteiger partial charge in [-0.05, 0) is 19.9 Å². The molecule has 0 amide bonds. The summed E-state index contributed by atoms with van der Waals surface area (Å²) in [5.41, 5.74) is 7.62. The molecule has 0 bridgehead atoms. The van der Waals surface area contributed by atoms with Gasteiger partial charge in [-0.3, -0.25) is 4.98 Å². The van der Waals surface area contributed by atoms with E-state index in [4.69, 9.17) is 5.73 Å². The predicted octanol–water partition coefficient (Wildman–Crippen LogP) is 2.00. The Hall–Kier alpha value is -0.900. The number of nitrogen functional groups attached to an aromatic ring is 1. The summed E-state index contributed by atoms with van der Waals surface area (Å²) in [4.78, 5) is 6.49. The first-order chi connectivity index (χ1) is 7.07. The number of hydrogen-bond acceptors (Lipinski definition) is 4. The van der Waals surface area contributed by atoms with Gasteiger partial charge in [-0.15, -0.1) is 0 Å². The van der Waals surface area contributed by atoms with Crippen molar-refractivity contribution >= 4 is 23.1 Å². The molecule has 0 radical (unpaired) electrons. The molecule has 2 heterocycles. The van der Waals surface area contributed by atoms with Crippen molar-refractivity contribution < 1.29 is 0 Å². The van der Waals surface area contributed by atoms with Crippen molar-refractivity contribution in [2.45, 2.75) is 18.6 Å². The summed E-state index contributed by atoms with van der Waals surface area (Å²) in [7, 11) is 0. The average molecular weight is 223 g/mol. The van der Waals surface area contributed by atoms with Gasteiger partial charge in [0.1, 0.15) is 0 Å². The van der Waals surface area contributed by atoms with Crippen LogP contribution in [0.15, 0.2) is 18.5 Å². The van der Waals surface area contributed by atoms with Crippen LogP contribution in [0.25, 0.3) is 0 Å². The Kier molecular flexibility index (Phi) is 2.78. The van der Waals surface area contributed by atoms with Gasteiger partial charge in [0.05, 0.1) is 17.6 Å². The van der Waals surface area contributed by atoms with Crippen molar-refractivity contribution in [3.8, 4) is 0 Å². The minimum Gasteiger partial charge on any atom is -0.397 e. The number of thioether (sulfide) groups is 1. The van der Waals surface area contributed by atoms with E-state index in [9.17, 15) is 0 Å². The number of nitrogens with zero attached hydrogens (tertiary/aromatic N) is 2. The first-order valence-electron chi connectivity index (χ1n) is 5.16. The van der Waals surface area contributed by atoms with Crippen molar-refractivity contribution in [3.63, 3.8) is 0 Å². The van der Waals surface area contributed by atoms with E-state index >= 15 is 0 Å². The number of nitrogens with two attached hydrogens (primary N) is 1. The molecule has 1 aromatic rings. The predicted molar refractivity (Wildman–Crippen MR) is 67.4 cm³/mol. The lowest BCUT2D eigenvalue weighted by Crippen LogP contribution is -2.43. The van der Waals surface area contributed by atoms with E-state index in [1.54, 1.807) is 6.20 Å². The smallest absolute Gasteiger partial charge is 0.0574 e. The lowest BCUT2D eigenvalue weighted by molar-refractivity contribution is 0.647. The topological polar surface area (TPSA) is 42.2 Å². The zero-order valence-electron chi connectivity index (χ0n) is 9.23. The molecule has 82 valence electrons. The SMILES string of the molecule is CC1(C)CN(c2cncc(N)c2)CCS1. The molecule has 0 unspecified atom stereocenters. The molecule has 2 rings (SSSR count). The van der Waals surface area contributed by atoms with Crippen LogP contribution in [0, 0.1) is 0 Å². The highest BCUT2D eigenvalue weighted by atomic mass is 32.2. The molecule has 1 saturated heterocycles. The first-order valence-corrected chi connectivity index (χ1v) is 6.15. The maximum Gasteiger partial charge on any atom is 0.0574 e. The molecule has 0 atom stereocenters. The highest BCUT2D eigenvalue weighted by Crippen LogP contribution is 2.32. The standard InChI is InChI=1S/C11H17N3S/c1-11(2)8-14(3-4-15-11)10-5-9(12)6-13-7-10/h5-7H,3-4,8,12H2,1-2H3. The van der Waals surface area contributed by atoms with Crippen LogP contribution < -0.4 is 10.6 Å². The Morgan fingerprint density at radius 2 is 2.27 bits per heavy atom. The molecular formula is C11H17N3S. The highest BCUT2D eigenvalue weighted by Gasteiger charge is 2.27. The second-order valence-electron chi connectivity index (χ2n) is 4.51. The van der Waals surface area contributed by atoms with Gasteiger partial charge in [-0.2, -0.15) is 11.8 Å². The lowest BCUT2D eigenvalue weighted by Gasteiger charge is -2.38. The van der Waals surface area contributed by atoms with Gasteiger partial charge >= 0.3 is 0 Å². The van der Waals surface area contributed by atoms with Crippen molar-refractivity contribution in [1.29, 1.82) is 0 Å². The fourth-order valence-corrected chi connectivity index (χ4v) is 2.97.